The summed E-state index contributed by atoms with van der Waals surface area (Å²) in [6, 6.07) is 0. The van der Waals surface area contributed by atoms with Crippen molar-refractivity contribution in [2.24, 2.45) is 0 Å². The molecule has 1 fully saturated rings. The Morgan fingerprint density at radius 3 is 2.88 bits per heavy atom. The van der Waals surface area contributed by atoms with Crippen LogP contribution in [0.1, 0.15) is 45.6 Å². The van der Waals surface area contributed by atoms with Crippen LogP contribution in [0.2, 0.25) is 0 Å². The molecule has 2 rings (SSSR count). The highest BCUT2D eigenvalue weighted by atomic mass is 32.1. The number of hydrogen-bond acceptors (Lipinski definition) is 4. The van der Waals surface area contributed by atoms with Crippen LogP contribution >= 0.6 is 11.3 Å². The van der Waals surface area contributed by atoms with Gasteiger partial charge in [-0.05, 0) is 12.8 Å². The second kappa shape index (κ2) is 4.93. The first-order valence-corrected chi connectivity index (χ1v) is 6.26. The number of aromatic nitrogens is 1. The van der Waals surface area contributed by atoms with Gasteiger partial charge < -0.3 is 9.84 Å². The zero-order chi connectivity index (χ0) is 11.5. The molecule has 0 saturated heterocycles. The minimum atomic E-state index is -0.844. The van der Waals surface area contributed by atoms with Gasteiger partial charge in [0.1, 0.15) is 4.88 Å². The Morgan fingerprint density at radius 1 is 1.62 bits per heavy atom. The lowest BCUT2D eigenvalue weighted by Gasteiger charge is -2.23. The molecule has 1 N–H and O–H groups in total. The van der Waals surface area contributed by atoms with Gasteiger partial charge in [-0.3, -0.25) is 0 Å². The zero-order valence-electron chi connectivity index (χ0n) is 9.23. The van der Waals surface area contributed by atoms with E-state index in [1.54, 1.807) is 7.11 Å². The van der Waals surface area contributed by atoms with Crippen molar-refractivity contribution in [3.63, 3.8) is 0 Å². The van der Waals surface area contributed by atoms with Crippen molar-refractivity contribution in [1.82, 2.24) is 4.98 Å². The van der Waals surface area contributed by atoms with Gasteiger partial charge in [-0.1, -0.05) is 6.42 Å². The number of methoxy groups -OCH3 is 1. The number of carboxylic acid groups (broad SMARTS) is 1. The van der Waals surface area contributed by atoms with Crippen molar-refractivity contribution in [3.05, 3.63) is 15.6 Å². The standard InChI is InChI=1S/C11H15NO3S/c1-15-6-5-8-12-9(7-3-2-4-7)10(16-8)11(13)14/h7H,2-6H2,1H3,(H,13,14). The number of ether oxygens (including phenoxy) is 1. The molecule has 4 nitrogen and oxygen atoms in total. The lowest BCUT2D eigenvalue weighted by Crippen LogP contribution is -2.13. The molecule has 1 aromatic rings. The van der Waals surface area contributed by atoms with Gasteiger partial charge in [0, 0.05) is 19.4 Å². The predicted octanol–water partition coefficient (Wildman–Crippen LogP) is 2.30. The molecule has 0 aromatic carbocycles. The van der Waals surface area contributed by atoms with E-state index < -0.39 is 5.97 Å². The Morgan fingerprint density at radius 2 is 2.38 bits per heavy atom. The summed E-state index contributed by atoms with van der Waals surface area (Å²) in [5.41, 5.74) is 0.801. The first kappa shape index (κ1) is 11.5. The molecule has 1 aliphatic rings. The van der Waals surface area contributed by atoms with Crippen LogP contribution in [-0.4, -0.2) is 29.8 Å². The predicted molar refractivity (Wildman–Crippen MR) is 61.2 cm³/mol. The largest absolute Gasteiger partial charge is 0.477 e. The van der Waals surface area contributed by atoms with E-state index >= 15 is 0 Å². The monoisotopic (exact) mass is 241 g/mol. The lowest BCUT2D eigenvalue weighted by atomic mass is 9.82. The van der Waals surface area contributed by atoms with Crippen molar-refractivity contribution in [2.75, 3.05) is 13.7 Å². The molecule has 16 heavy (non-hydrogen) atoms. The minimum absolute atomic E-state index is 0.374. The Balaban J connectivity index is 2.19. The van der Waals surface area contributed by atoms with Crippen molar-refractivity contribution < 1.29 is 14.6 Å². The maximum absolute atomic E-state index is 11.1. The van der Waals surface area contributed by atoms with Gasteiger partial charge in [-0.2, -0.15) is 0 Å². The molecule has 88 valence electrons. The second-order valence-electron chi connectivity index (χ2n) is 4.00. The highest BCUT2D eigenvalue weighted by molar-refractivity contribution is 7.13. The van der Waals surface area contributed by atoms with Crippen LogP contribution < -0.4 is 0 Å². The van der Waals surface area contributed by atoms with Gasteiger partial charge in [-0.15, -0.1) is 11.3 Å². The van der Waals surface area contributed by atoms with Crippen LogP contribution in [0.25, 0.3) is 0 Å². The molecular formula is C11H15NO3S. The van der Waals surface area contributed by atoms with Crippen LogP contribution in [0.4, 0.5) is 0 Å². The smallest absolute Gasteiger partial charge is 0.347 e. The number of carbonyl (C=O) groups is 1. The molecular weight excluding hydrogens is 226 g/mol. The Labute approximate surface area is 98.3 Å². The zero-order valence-corrected chi connectivity index (χ0v) is 10.0. The summed E-state index contributed by atoms with van der Waals surface area (Å²) in [6.45, 7) is 0.594. The fourth-order valence-corrected chi connectivity index (χ4v) is 2.76. The van der Waals surface area contributed by atoms with Gasteiger partial charge in [0.15, 0.2) is 0 Å². The first-order chi connectivity index (χ1) is 7.72. The third-order valence-corrected chi connectivity index (χ3v) is 4.02. The van der Waals surface area contributed by atoms with Crippen LogP contribution in [0.5, 0.6) is 0 Å². The maximum atomic E-state index is 11.1. The number of nitrogens with zero attached hydrogens (tertiary/aromatic N) is 1. The van der Waals surface area contributed by atoms with Crippen LogP contribution in [-0.2, 0) is 11.2 Å². The van der Waals surface area contributed by atoms with E-state index in [1.165, 1.54) is 17.8 Å². The normalized spacial score (nSPS) is 16.1. The molecule has 0 atom stereocenters. The number of hydrogen-bond donors (Lipinski definition) is 1. The summed E-state index contributed by atoms with van der Waals surface area (Å²) in [5, 5.41) is 9.99. The van der Waals surface area contributed by atoms with Gasteiger partial charge in [0.25, 0.3) is 0 Å². The Kier molecular flexibility index (Phi) is 3.56. The molecule has 0 radical (unpaired) electrons. The summed E-state index contributed by atoms with van der Waals surface area (Å²) in [7, 11) is 1.64. The van der Waals surface area contributed by atoms with Crippen LogP contribution in [0, 0.1) is 0 Å². The molecule has 0 aliphatic heterocycles. The number of rotatable bonds is 5. The van der Waals surface area contributed by atoms with E-state index in [0.717, 1.165) is 23.5 Å². The lowest BCUT2D eigenvalue weighted by molar-refractivity contribution is 0.0699. The number of carboxylic acids is 1. The average Bonchev–Trinajstić information content (AvgIpc) is 2.56. The second-order valence-corrected chi connectivity index (χ2v) is 5.08. The Bertz CT molecular complexity index is 385. The molecule has 1 heterocycles. The molecule has 1 saturated carbocycles. The first-order valence-electron chi connectivity index (χ1n) is 5.44. The quantitative estimate of drug-likeness (QED) is 0.859. The van der Waals surface area contributed by atoms with E-state index in [1.807, 2.05) is 0 Å². The van der Waals surface area contributed by atoms with Crippen LogP contribution in [0.15, 0.2) is 0 Å². The summed E-state index contributed by atoms with van der Waals surface area (Å²) in [6.07, 6.45) is 4.05. The molecule has 5 heteroatoms. The van der Waals surface area contributed by atoms with Crippen molar-refractivity contribution in [2.45, 2.75) is 31.6 Å². The average molecular weight is 241 g/mol. The van der Waals surface area contributed by atoms with Gasteiger partial charge in [0.05, 0.1) is 17.3 Å². The van der Waals surface area contributed by atoms with Crippen molar-refractivity contribution >= 4 is 17.3 Å². The molecule has 0 bridgehead atoms. The highest BCUT2D eigenvalue weighted by Gasteiger charge is 2.28. The fourth-order valence-electron chi connectivity index (χ4n) is 1.79. The molecule has 0 unspecified atom stereocenters. The third kappa shape index (κ3) is 2.25. The highest BCUT2D eigenvalue weighted by Crippen LogP contribution is 2.39. The summed E-state index contributed by atoms with van der Waals surface area (Å²) < 4.78 is 4.98. The van der Waals surface area contributed by atoms with E-state index in [-0.39, 0.29) is 0 Å². The molecule has 0 amide bonds. The third-order valence-electron chi connectivity index (χ3n) is 2.90. The van der Waals surface area contributed by atoms with E-state index in [0.29, 0.717) is 23.8 Å². The SMILES string of the molecule is COCCc1nc(C2CCC2)c(C(=O)O)s1. The van der Waals surface area contributed by atoms with E-state index in [2.05, 4.69) is 4.98 Å². The minimum Gasteiger partial charge on any atom is -0.477 e. The van der Waals surface area contributed by atoms with Gasteiger partial charge in [-0.25, -0.2) is 9.78 Å². The summed E-state index contributed by atoms with van der Waals surface area (Å²) in [5.74, 6) is -0.471. The van der Waals surface area contributed by atoms with Crippen molar-refractivity contribution in [3.8, 4) is 0 Å². The maximum Gasteiger partial charge on any atom is 0.347 e. The van der Waals surface area contributed by atoms with Gasteiger partial charge in [0.2, 0.25) is 0 Å². The summed E-state index contributed by atoms with van der Waals surface area (Å²) >= 11 is 1.29. The van der Waals surface area contributed by atoms with Crippen molar-refractivity contribution in [1.29, 1.82) is 0 Å². The molecule has 1 aromatic heterocycles. The Hall–Kier alpha value is -0.940. The summed E-state index contributed by atoms with van der Waals surface area (Å²) in [4.78, 5) is 16.0. The topological polar surface area (TPSA) is 59.4 Å². The van der Waals surface area contributed by atoms with E-state index in [9.17, 15) is 4.79 Å². The van der Waals surface area contributed by atoms with Gasteiger partial charge >= 0.3 is 5.97 Å². The number of thiazole rings is 1. The molecule has 1 aliphatic carbocycles. The fraction of sp³-hybridized carbons (Fsp3) is 0.636. The van der Waals surface area contributed by atoms with Crippen LogP contribution in [0.3, 0.4) is 0 Å². The number of aromatic carboxylic acids is 1. The molecule has 0 spiro atoms. The van der Waals surface area contributed by atoms with E-state index in [4.69, 9.17) is 9.84 Å².